The molecule has 0 fully saturated rings. The molecule has 2 aromatic rings. The van der Waals surface area contributed by atoms with Gasteiger partial charge in [0.2, 0.25) is 0 Å². The van der Waals surface area contributed by atoms with Crippen molar-refractivity contribution in [3.8, 4) is 5.75 Å². The van der Waals surface area contributed by atoms with E-state index in [2.05, 4.69) is 0 Å². The molecule has 0 saturated carbocycles. The Balaban J connectivity index is 2.31. The van der Waals surface area contributed by atoms with E-state index in [1.165, 1.54) is 24.9 Å². The van der Waals surface area contributed by atoms with Crippen LogP contribution in [0.5, 0.6) is 5.75 Å². The molecule has 2 aromatic carbocycles. The average Bonchev–Trinajstić information content (AvgIpc) is 2.40. The first-order valence-electron chi connectivity index (χ1n) is 5.59. The normalized spacial score (nSPS) is 11.4. The lowest BCUT2D eigenvalue weighted by molar-refractivity contribution is -0.138. The highest BCUT2D eigenvalue weighted by Crippen LogP contribution is 2.39. The number of ether oxygens (including phenoxy) is 1. The fraction of sp³-hybridized carbons (Fsp3) is 0.143. The van der Waals surface area contributed by atoms with Gasteiger partial charge in [0, 0.05) is 14.8 Å². The van der Waals surface area contributed by atoms with E-state index in [0.29, 0.717) is 9.92 Å². The molecule has 0 saturated heterocycles. The first kappa shape index (κ1) is 15.1. The van der Waals surface area contributed by atoms with Crippen molar-refractivity contribution in [2.75, 3.05) is 7.11 Å². The number of rotatable bonds is 3. The lowest BCUT2D eigenvalue weighted by Crippen LogP contribution is -2.07. The molecule has 0 aromatic heterocycles. The predicted molar refractivity (Wildman–Crippen MR) is 73.6 cm³/mol. The zero-order chi connectivity index (χ0) is 14.8. The molecule has 0 amide bonds. The van der Waals surface area contributed by atoms with Crippen LogP contribution in [0.2, 0.25) is 5.02 Å². The third-order valence-corrected chi connectivity index (χ3v) is 3.78. The SMILES string of the molecule is COc1ccc(Sc2ccc(Cl)cc2)cc1C(F)(F)F. The predicted octanol–water partition coefficient (Wildman–Crippen LogP) is 5.52. The van der Waals surface area contributed by atoms with Crippen molar-refractivity contribution < 1.29 is 17.9 Å². The van der Waals surface area contributed by atoms with Gasteiger partial charge >= 0.3 is 6.18 Å². The second kappa shape index (κ2) is 5.97. The van der Waals surface area contributed by atoms with E-state index in [1.54, 1.807) is 30.3 Å². The number of hydrogen-bond donors (Lipinski definition) is 0. The minimum absolute atomic E-state index is 0.182. The minimum atomic E-state index is -4.44. The van der Waals surface area contributed by atoms with Gasteiger partial charge in [0.25, 0.3) is 0 Å². The van der Waals surface area contributed by atoms with Gasteiger partial charge in [0.1, 0.15) is 5.75 Å². The molecule has 0 unspecified atom stereocenters. The molecule has 0 atom stereocenters. The topological polar surface area (TPSA) is 9.23 Å². The summed E-state index contributed by atoms with van der Waals surface area (Å²) in [4.78, 5) is 1.30. The van der Waals surface area contributed by atoms with E-state index < -0.39 is 11.7 Å². The van der Waals surface area contributed by atoms with Crippen molar-refractivity contribution in [3.05, 3.63) is 53.1 Å². The highest BCUT2D eigenvalue weighted by atomic mass is 35.5. The van der Waals surface area contributed by atoms with Gasteiger partial charge in [-0.25, -0.2) is 0 Å². The van der Waals surface area contributed by atoms with Crippen LogP contribution in [0.3, 0.4) is 0 Å². The standard InChI is InChI=1S/C14H10ClF3OS/c1-19-13-7-6-11(8-12(13)14(16,17)18)20-10-4-2-9(15)3-5-10/h2-8H,1H3. The van der Waals surface area contributed by atoms with Crippen LogP contribution < -0.4 is 4.74 Å². The van der Waals surface area contributed by atoms with Crippen LogP contribution in [-0.4, -0.2) is 7.11 Å². The number of benzene rings is 2. The van der Waals surface area contributed by atoms with Gasteiger partial charge in [-0.1, -0.05) is 23.4 Å². The third-order valence-electron chi connectivity index (χ3n) is 2.53. The summed E-state index contributed by atoms with van der Waals surface area (Å²) in [6.07, 6.45) is -4.44. The molecule has 6 heteroatoms. The van der Waals surface area contributed by atoms with Crippen molar-refractivity contribution in [1.82, 2.24) is 0 Å². The Morgan fingerprint density at radius 1 is 1.00 bits per heavy atom. The van der Waals surface area contributed by atoms with Crippen molar-refractivity contribution in [1.29, 1.82) is 0 Å². The van der Waals surface area contributed by atoms with Crippen LogP contribution in [0.4, 0.5) is 13.2 Å². The van der Waals surface area contributed by atoms with Gasteiger partial charge in [-0.2, -0.15) is 13.2 Å². The monoisotopic (exact) mass is 318 g/mol. The summed E-state index contributed by atoms with van der Waals surface area (Å²) in [5, 5.41) is 0.583. The first-order chi connectivity index (χ1) is 9.40. The van der Waals surface area contributed by atoms with Crippen LogP contribution >= 0.6 is 23.4 Å². The van der Waals surface area contributed by atoms with Gasteiger partial charge in [-0.15, -0.1) is 0 Å². The second-order valence-corrected chi connectivity index (χ2v) is 5.50. The third kappa shape index (κ3) is 3.61. The minimum Gasteiger partial charge on any atom is -0.496 e. The average molecular weight is 319 g/mol. The molecule has 1 nitrogen and oxygen atoms in total. The van der Waals surface area contributed by atoms with E-state index in [-0.39, 0.29) is 5.75 Å². The Morgan fingerprint density at radius 2 is 1.60 bits per heavy atom. The smallest absolute Gasteiger partial charge is 0.420 e. The molecular formula is C14H10ClF3OS. The maximum Gasteiger partial charge on any atom is 0.420 e. The molecule has 0 aliphatic heterocycles. The summed E-state index contributed by atoms with van der Waals surface area (Å²) in [7, 11) is 1.22. The van der Waals surface area contributed by atoms with Gasteiger partial charge in [0.05, 0.1) is 12.7 Å². The van der Waals surface area contributed by atoms with Crippen molar-refractivity contribution >= 4 is 23.4 Å². The van der Waals surface area contributed by atoms with Crippen LogP contribution in [0, 0.1) is 0 Å². The second-order valence-electron chi connectivity index (χ2n) is 3.92. The van der Waals surface area contributed by atoms with Crippen molar-refractivity contribution in [3.63, 3.8) is 0 Å². The van der Waals surface area contributed by atoms with Gasteiger partial charge in [0.15, 0.2) is 0 Å². The largest absolute Gasteiger partial charge is 0.496 e. The molecule has 0 radical (unpaired) electrons. The molecule has 0 aliphatic carbocycles. The lowest BCUT2D eigenvalue weighted by Gasteiger charge is -2.13. The van der Waals surface area contributed by atoms with Gasteiger partial charge < -0.3 is 4.74 Å². The molecule has 20 heavy (non-hydrogen) atoms. The Hall–Kier alpha value is -1.33. The van der Waals surface area contributed by atoms with Gasteiger partial charge in [-0.3, -0.25) is 0 Å². The molecule has 0 spiro atoms. The Bertz CT molecular complexity index is 596. The quantitative estimate of drug-likeness (QED) is 0.737. The zero-order valence-electron chi connectivity index (χ0n) is 10.4. The summed E-state index contributed by atoms with van der Waals surface area (Å²) >= 11 is 7.00. The Morgan fingerprint density at radius 3 is 2.15 bits per heavy atom. The molecular weight excluding hydrogens is 309 g/mol. The number of methoxy groups -OCH3 is 1. The molecule has 106 valence electrons. The first-order valence-corrected chi connectivity index (χ1v) is 6.78. The van der Waals surface area contributed by atoms with E-state index in [9.17, 15) is 13.2 Å². The maximum absolute atomic E-state index is 12.9. The number of halogens is 4. The summed E-state index contributed by atoms with van der Waals surface area (Å²) in [5.41, 5.74) is -0.779. The summed E-state index contributed by atoms with van der Waals surface area (Å²) in [5.74, 6) is -0.182. The van der Waals surface area contributed by atoms with E-state index in [0.717, 1.165) is 11.0 Å². The van der Waals surface area contributed by atoms with Crippen LogP contribution in [0.15, 0.2) is 52.3 Å². The van der Waals surface area contributed by atoms with Crippen LogP contribution in [0.25, 0.3) is 0 Å². The highest BCUT2D eigenvalue weighted by Gasteiger charge is 2.34. The number of hydrogen-bond acceptors (Lipinski definition) is 2. The fourth-order valence-electron chi connectivity index (χ4n) is 1.61. The zero-order valence-corrected chi connectivity index (χ0v) is 11.9. The molecule has 0 heterocycles. The number of alkyl halides is 3. The molecule has 0 N–H and O–H groups in total. The van der Waals surface area contributed by atoms with Crippen LogP contribution in [-0.2, 0) is 6.18 Å². The molecule has 2 rings (SSSR count). The molecule has 0 bridgehead atoms. The summed E-state index contributed by atoms with van der Waals surface area (Å²) < 4.78 is 43.4. The fourth-order valence-corrected chi connectivity index (χ4v) is 2.59. The molecule has 0 aliphatic rings. The maximum atomic E-state index is 12.9. The lowest BCUT2D eigenvalue weighted by atomic mass is 10.2. The Labute approximate surface area is 123 Å². The Kier molecular flexibility index (Phi) is 4.50. The van der Waals surface area contributed by atoms with Gasteiger partial charge in [-0.05, 0) is 42.5 Å². The van der Waals surface area contributed by atoms with E-state index in [1.807, 2.05) is 0 Å². The van der Waals surface area contributed by atoms with E-state index in [4.69, 9.17) is 16.3 Å². The highest BCUT2D eigenvalue weighted by molar-refractivity contribution is 7.99. The summed E-state index contributed by atoms with van der Waals surface area (Å²) in [6.45, 7) is 0. The van der Waals surface area contributed by atoms with Crippen LogP contribution in [0.1, 0.15) is 5.56 Å². The van der Waals surface area contributed by atoms with Crippen molar-refractivity contribution in [2.45, 2.75) is 16.0 Å². The summed E-state index contributed by atoms with van der Waals surface area (Å²) in [6, 6.07) is 10.9. The van der Waals surface area contributed by atoms with Crippen molar-refractivity contribution in [2.24, 2.45) is 0 Å². The van der Waals surface area contributed by atoms with E-state index >= 15 is 0 Å².